The number of rotatable bonds is 7. The van der Waals surface area contributed by atoms with Gasteiger partial charge in [-0.2, -0.15) is 0 Å². The summed E-state index contributed by atoms with van der Waals surface area (Å²) in [7, 11) is 0. The lowest BCUT2D eigenvalue weighted by Gasteiger charge is -2.30. The van der Waals surface area contributed by atoms with Crippen LogP contribution in [0.5, 0.6) is 0 Å². The van der Waals surface area contributed by atoms with E-state index in [0.29, 0.717) is 0 Å². The largest absolute Gasteiger partial charge is 0.389 e. The van der Waals surface area contributed by atoms with Crippen LogP contribution in [-0.2, 0) is 0 Å². The summed E-state index contributed by atoms with van der Waals surface area (Å²) in [4.78, 5) is 0. The molecule has 0 aliphatic rings. The maximum Gasteiger partial charge on any atom is 0.0769 e. The summed E-state index contributed by atoms with van der Waals surface area (Å²) >= 11 is 0. The first-order valence-corrected chi connectivity index (χ1v) is 5.52. The van der Waals surface area contributed by atoms with Crippen LogP contribution in [0, 0.1) is 0 Å². The first-order chi connectivity index (χ1) is 6.04. The zero-order valence-electron chi connectivity index (χ0n) is 9.34. The highest BCUT2D eigenvalue weighted by molar-refractivity contribution is 4.84. The molecule has 2 atom stereocenters. The minimum atomic E-state index is -0.662. The van der Waals surface area contributed by atoms with Crippen molar-refractivity contribution in [3.63, 3.8) is 0 Å². The summed E-state index contributed by atoms with van der Waals surface area (Å²) in [5.74, 6) is 0. The second kappa shape index (κ2) is 6.39. The second-order valence-corrected chi connectivity index (χ2v) is 4.21. The van der Waals surface area contributed by atoms with Crippen molar-refractivity contribution in [1.29, 1.82) is 0 Å². The lowest BCUT2D eigenvalue weighted by molar-refractivity contribution is 0.0189. The Morgan fingerprint density at radius 2 is 1.77 bits per heavy atom. The lowest BCUT2D eigenvalue weighted by Crippen LogP contribution is -2.45. The maximum absolute atomic E-state index is 10.0. The Labute approximate surface area is 82.5 Å². The Kier molecular flexibility index (Phi) is 6.35. The van der Waals surface area contributed by atoms with E-state index in [9.17, 15) is 5.11 Å². The van der Waals surface area contributed by atoms with Crippen LogP contribution >= 0.6 is 0 Å². The van der Waals surface area contributed by atoms with E-state index in [4.69, 9.17) is 5.73 Å². The fourth-order valence-corrected chi connectivity index (χ4v) is 1.46. The maximum atomic E-state index is 10.0. The number of nitrogens with two attached hydrogens (primary N) is 1. The van der Waals surface area contributed by atoms with Crippen molar-refractivity contribution in [1.82, 2.24) is 0 Å². The van der Waals surface area contributed by atoms with Crippen LogP contribution in [0.25, 0.3) is 0 Å². The first-order valence-electron chi connectivity index (χ1n) is 5.52. The average molecular weight is 187 g/mol. The monoisotopic (exact) mass is 187 g/mol. The molecule has 0 aliphatic heterocycles. The van der Waals surface area contributed by atoms with Gasteiger partial charge in [0.15, 0.2) is 0 Å². The van der Waals surface area contributed by atoms with Crippen molar-refractivity contribution < 1.29 is 5.11 Å². The lowest BCUT2D eigenvalue weighted by atomic mass is 9.88. The van der Waals surface area contributed by atoms with Crippen LogP contribution in [0.15, 0.2) is 0 Å². The Morgan fingerprint density at radius 3 is 2.23 bits per heavy atom. The van der Waals surface area contributed by atoms with Crippen molar-refractivity contribution >= 4 is 0 Å². The van der Waals surface area contributed by atoms with E-state index in [1.165, 1.54) is 0 Å². The minimum Gasteiger partial charge on any atom is -0.389 e. The molecule has 0 saturated carbocycles. The molecule has 0 amide bonds. The summed E-state index contributed by atoms with van der Waals surface area (Å²) < 4.78 is 0. The second-order valence-electron chi connectivity index (χ2n) is 4.21. The zero-order chi connectivity index (χ0) is 10.3. The molecule has 0 heterocycles. The molecule has 0 aromatic rings. The number of unbranched alkanes of at least 4 members (excludes halogenated alkanes) is 2. The predicted molar refractivity (Wildman–Crippen MR) is 57.6 cm³/mol. The van der Waals surface area contributed by atoms with E-state index in [1.807, 2.05) is 6.92 Å². The molecule has 0 aromatic carbocycles. The summed E-state index contributed by atoms with van der Waals surface area (Å²) in [6.07, 6.45) is 6.21. The molecule has 3 N–H and O–H groups in total. The first kappa shape index (κ1) is 12.9. The van der Waals surface area contributed by atoms with Crippen LogP contribution < -0.4 is 5.73 Å². The third-order valence-corrected chi connectivity index (χ3v) is 2.70. The molecular formula is C11H25NO. The van der Waals surface area contributed by atoms with Crippen molar-refractivity contribution in [2.24, 2.45) is 5.73 Å². The van der Waals surface area contributed by atoms with Crippen molar-refractivity contribution in [3.05, 3.63) is 0 Å². The van der Waals surface area contributed by atoms with Crippen molar-refractivity contribution in [2.45, 2.75) is 70.9 Å². The molecule has 80 valence electrons. The Morgan fingerprint density at radius 1 is 1.23 bits per heavy atom. The summed E-state index contributed by atoms with van der Waals surface area (Å²) in [6.45, 7) is 6.14. The van der Waals surface area contributed by atoms with Crippen LogP contribution in [0.3, 0.4) is 0 Å². The third kappa shape index (κ3) is 5.27. The highest BCUT2D eigenvalue weighted by Gasteiger charge is 2.27. The van der Waals surface area contributed by atoms with Crippen molar-refractivity contribution in [2.75, 3.05) is 0 Å². The van der Waals surface area contributed by atoms with Gasteiger partial charge in [-0.05, 0) is 19.8 Å². The third-order valence-electron chi connectivity index (χ3n) is 2.70. The molecule has 0 radical (unpaired) electrons. The molecule has 0 spiro atoms. The topological polar surface area (TPSA) is 46.2 Å². The molecular weight excluding hydrogens is 162 g/mol. The average Bonchev–Trinajstić information content (AvgIpc) is 2.10. The van der Waals surface area contributed by atoms with Crippen molar-refractivity contribution in [3.8, 4) is 0 Å². The molecule has 0 aromatic heterocycles. The Hall–Kier alpha value is -0.0800. The minimum absolute atomic E-state index is 0.0565. The van der Waals surface area contributed by atoms with Gasteiger partial charge in [0.05, 0.1) is 5.60 Å². The SMILES string of the molecule is CCCCC(N)C(C)(O)CCCC. The predicted octanol–water partition coefficient (Wildman–Crippen LogP) is 2.45. The van der Waals surface area contributed by atoms with Gasteiger partial charge in [0.25, 0.3) is 0 Å². The van der Waals surface area contributed by atoms with Gasteiger partial charge < -0.3 is 10.8 Å². The van der Waals surface area contributed by atoms with Gasteiger partial charge in [-0.1, -0.05) is 39.5 Å². The van der Waals surface area contributed by atoms with Gasteiger partial charge >= 0.3 is 0 Å². The molecule has 2 unspecified atom stereocenters. The smallest absolute Gasteiger partial charge is 0.0769 e. The normalized spacial score (nSPS) is 18.2. The Balaban J connectivity index is 3.80. The molecule has 0 aliphatic carbocycles. The highest BCUT2D eigenvalue weighted by Crippen LogP contribution is 2.20. The Bertz CT molecular complexity index is 123. The van der Waals surface area contributed by atoms with Gasteiger partial charge in [-0.25, -0.2) is 0 Å². The summed E-state index contributed by atoms with van der Waals surface area (Å²) in [6, 6.07) is -0.0565. The molecule has 0 saturated heterocycles. The van der Waals surface area contributed by atoms with Crippen LogP contribution in [-0.4, -0.2) is 16.7 Å². The van der Waals surface area contributed by atoms with Crippen LogP contribution in [0.1, 0.15) is 59.3 Å². The number of aliphatic hydroxyl groups is 1. The van der Waals surface area contributed by atoms with Gasteiger partial charge in [0, 0.05) is 6.04 Å². The molecule has 13 heavy (non-hydrogen) atoms. The number of hydrogen-bond acceptors (Lipinski definition) is 2. The standard InChI is InChI=1S/C11H25NO/c1-4-6-8-10(12)11(3,13)9-7-5-2/h10,13H,4-9,12H2,1-3H3. The molecule has 0 rings (SSSR count). The summed E-state index contributed by atoms with van der Waals surface area (Å²) in [5, 5.41) is 10.0. The fourth-order valence-electron chi connectivity index (χ4n) is 1.46. The van der Waals surface area contributed by atoms with E-state index < -0.39 is 5.60 Å². The zero-order valence-corrected chi connectivity index (χ0v) is 9.34. The number of hydrogen-bond donors (Lipinski definition) is 2. The van der Waals surface area contributed by atoms with E-state index in [2.05, 4.69) is 13.8 Å². The van der Waals surface area contributed by atoms with Gasteiger partial charge in [0.1, 0.15) is 0 Å². The molecule has 2 heteroatoms. The molecule has 0 fully saturated rings. The van der Waals surface area contributed by atoms with Crippen LogP contribution in [0.2, 0.25) is 0 Å². The fraction of sp³-hybridized carbons (Fsp3) is 1.00. The van der Waals surface area contributed by atoms with Gasteiger partial charge in [0.2, 0.25) is 0 Å². The van der Waals surface area contributed by atoms with Gasteiger partial charge in [-0.15, -0.1) is 0 Å². The van der Waals surface area contributed by atoms with E-state index in [1.54, 1.807) is 0 Å². The quantitative estimate of drug-likeness (QED) is 0.643. The van der Waals surface area contributed by atoms with E-state index in [-0.39, 0.29) is 6.04 Å². The summed E-state index contributed by atoms with van der Waals surface area (Å²) in [5.41, 5.74) is 5.27. The van der Waals surface area contributed by atoms with E-state index in [0.717, 1.165) is 38.5 Å². The van der Waals surface area contributed by atoms with E-state index >= 15 is 0 Å². The molecule has 0 bridgehead atoms. The molecule has 2 nitrogen and oxygen atoms in total. The van der Waals surface area contributed by atoms with Crippen LogP contribution in [0.4, 0.5) is 0 Å². The van der Waals surface area contributed by atoms with Gasteiger partial charge in [-0.3, -0.25) is 0 Å². The highest BCUT2D eigenvalue weighted by atomic mass is 16.3.